The van der Waals surface area contributed by atoms with Gasteiger partial charge in [0, 0.05) is 16.0 Å². The Bertz CT molecular complexity index is 604. The molecule has 0 aromatic heterocycles. The minimum Gasteiger partial charge on any atom is -0.224 e. The van der Waals surface area contributed by atoms with Gasteiger partial charge in [-0.05, 0) is 24.3 Å². The Balaban J connectivity index is 2.41. The van der Waals surface area contributed by atoms with Gasteiger partial charge in [-0.3, -0.25) is 0 Å². The van der Waals surface area contributed by atoms with Crippen molar-refractivity contribution < 1.29 is 8.42 Å². The summed E-state index contributed by atoms with van der Waals surface area (Å²) in [7, 11) is -3.17. The maximum atomic E-state index is 11.6. The summed E-state index contributed by atoms with van der Waals surface area (Å²) < 4.78 is 23.3. The summed E-state index contributed by atoms with van der Waals surface area (Å²) in [5, 5.41) is 0. The van der Waals surface area contributed by atoms with Crippen LogP contribution in [0.3, 0.4) is 0 Å². The monoisotopic (exact) mass is 264 g/mol. The molecular formula is C13H12O2S2. The average molecular weight is 264 g/mol. The molecule has 0 N–H and O–H groups in total. The number of hydrogen-bond acceptors (Lipinski definition) is 3. The van der Waals surface area contributed by atoms with Crippen LogP contribution in [0.15, 0.2) is 69.3 Å². The molecule has 2 aromatic rings. The van der Waals surface area contributed by atoms with Gasteiger partial charge in [0.05, 0.1) is 4.90 Å². The van der Waals surface area contributed by atoms with Crippen LogP contribution in [0.2, 0.25) is 0 Å². The van der Waals surface area contributed by atoms with Crippen molar-refractivity contribution in [1.29, 1.82) is 0 Å². The van der Waals surface area contributed by atoms with Crippen LogP contribution in [0, 0.1) is 0 Å². The molecule has 0 amide bonds. The fourth-order valence-electron chi connectivity index (χ4n) is 1.46. The highest BCUT2D eigenvalue weighted by Crippen LogP contribution is 2.32. The first-order valence-corrected chi connectivity index (χ1v) is 7.80. The zero-order valence-electron chi connectivity index (χ0n) is 9.33. The van der Waals surface area contributed by atoms with Gasteiger partial charge in [0.25, 0.3) is 0 Å². The van der Waals surface area contributed by atoms with Crippen LogP contribution in [-0.4, -0.2) is 14.7 Å². The number of sulfone groups is 1. The predicted molar refractivity (Wildman–Crippen MR) is 70.1 cm³/mol. The minimum absolute atomic E-state index is 0.383. The molecule has 0 aliphatic rings. The van der Waals surface area contributed by atoms with E-state index in [9.17, 15) is 8.42 Å². The van der Waals surface area contributed by atoms with Crippen LogP contribution >= 0.6 is 11.8 Å². The maximum Gasteiger partial charge on any atom is 0.176 e. The van der Waals surface area contributed by atoms with Crippen molar-refractivity contribution in [2.45, 2.75) is 14.7 Å². The molecule has 0 unspecified atom stereocenters. The standard InChI is InChI=1S/C13H12O2S2/c1-17(14,15)13-10-6-5-9-12(13)16-11-7-3-2-4-8-11/h2-10H,1H3. The molecule has 4 heteroatoms. The molecule has 0 atom stereocenters. The van der Waals surface area contributed by atoms with Crippen LogP contribution in [-0.2, 0) is 9.84 Å². The third-order valence-corrected chi connectivity index (χ3v) is 4.59. The van der Waals surface area contributed by atoms with E-state index in [2.05, 4.69) is 0 Å². The van der Waals surface area contributed by atoms with Crippen LogP contribution in [0.25, 0.3) is 0 Å². The van der Waals surface area contributed by atoms with Crippen LogP contribution in [0.4, 0.5) is 0 Å². The van der Waals surface area contributed by atoms with Gasteiger partial charge in [0.1, 0.15) is 0 Å². The SMILES string of the molecule is CS(=O)(=O)c1ccccc1Sc1ccccc1. The van der Waals surface area contributed by atoms with Gasteiger partial charge in [-0.1, -0.05) is 42.1 Å². The summed E-state index contributed by atoms with van der Waals surface area (Å²) in [5.74, 6) is 0. The Labute approximate surface area is 106 Å². The molecule has 2 nitrogen and oxygen atoms in total. The van der Waals surface area contributed by atoms with Crippen LogP contribution < -0.4 is 0 Å². The summed E-state index contributed by atoms with van der Waals surface area (Å²) in [5.41, 5.74) is 0. The average Bonchev–Trinajstić information content (AvgIpc) is 2.30. The fourth-order valence-corrected chi connectivity index (χ4v) is 3.66. The first-order valence-electron chi connectivity index (χ1n) is 5.09. The van der Waals surface area contributed by atoms with Crippen molar-refractivity contribution in [1.82, 2.24) is 0 Å². The molecule has 88 valence electrons. The highest BCUT2D eigenvalue weighted by atomic mass is 32.2. The Morgan fingerprint density at radius 1 is 0.882 bits per heavy atom. The van der Waals surface area contributed by atoms with E-state index in [1.54, 1.807) is 12.1 Å². The van der Waals surface area contributed by atoms with Crippen LogP contribution in [0.5, 0.6) is 0 Å². The zero-order chi connectivity index (χ0) is 12.3. The normalized spacial score (nSPS) is 11.4. The van der Waals surface area contributed by atoms with Gasteiger partial charge in [0.15, 0.2) is 9.84 Å². The lowest BCUT2D eigenvalue weighted by Crippen LogP contribution is -1.98. The van der Waals surface area contributed by atoms with E-state index in [1.807, 2.05) is 42.5 Å². The zero-order valence-corrected chi connectivity index (χ0v) is 11.0. The summed E-state index contributed by atoms with van der Waals surface area (Å²) in [6, 6.07) is 16.8. The predicted octanol–water partition coefficient (Wildman–Crippen LogP) is 3.24. The summed E-state index contributed by atoms with van der Waals surface area (Å²) >= 11 is 1.46. The molecule has 2 rings (SSSR count). The van der Waals surface area contributed by atoms with Crippen molar-refractivity contribution in [2.24, 2.45) is 0 Å². The smallest absolute Gasteiger partial charge is 0.176 e. The quantitative estimate of drug-likeness (QED) is 0.853. The van der Waals surface area contributed by atoms with Gasteiger partial charge in [0.2, 0.25) is 0 Å². The molecule has 0 spiro atoms. The van der Waals surface area contributed by atoms with E-state index in [4.69, 9.17) is 0 Å². The number of hydrogen-bond donors (Lipinski definition) is 0. The highest BCUT2D eigenvalue weighted by Gasteiger charge is 2.12. The van der Waals surface area contributed by atoms with Gasteiger partial charge >= 0.3 is 0 Å². The molecule has 0 saturated heterocycles. The molecule has 0 radical (unpaired) electrons. The van der Waals surface area contributed by atoms with Crippen molar-refractivity contribution in [3.63, 3.8) is 0 Å². The lowest BCUT2D eigenvalue weighted by Gasteiger charge is -2.06. The van der Waals surface area contributed by atoms with Gasteiger partial charge in [-0.2, -0.15) is 0 Å². The molecular weight excluding hydrogens is 252 g/mol. The second-order valence-corrected chi connectivity index (χ2v) is 6.73. The largest absolute Gasteiger partial charge is 0.224 e. The highest BCUT2D eigenvalue weighted by molar-refractivity contribution is 8.00. The molecule has 0 heterocycles. The van der Waals surface area contributed by atoms with Gasteiger partial charge < -0.3 is 0 Å². The molecule has 2 aromatic carbocycles. The van der Waals surface area contributed by atoms with Crippen molar-refractivity contribution in [3.8, 4) is 0 Å². The van der Waals surface area contributed by atoms with E-state index >= 15 is 0 Å². The van der Waals surface area contributed by atoms with E-state index in [0.717, 1.165) is 9.79 Å². The Morgan fingerprint density at radius 3 is 2.12 bits per heavy atom. The van der Waals surface area contributed by atoms with Crippen molar-refractivity contribution in [2.75, 3.05) is 6.26 Å². The molecule has 0 fully saturated rings. The first kappa shape index (κ1) is 12.2. The van der Waals surface area contributed by atoms with E-state index in [-0.39, 0.29) is 0 Å². The van der Waals surface area contributed by atoms with Gasteiger partial charge in [-0.15, -0.1) is 0 Å². The van der Waals surface area contributed by atoms with E-state index < -0.39 is 9.84 Å². The lowest BCUT2D eigenvalue weighted by molar-refractivity contribution is 0.600. The van der Waals surface area contributed by atoms with Crippen LogP contribution in [0.1, 0.15) is 0 Å². The van der Waals surface area contributed by atoms with Gasteiger partial charge in [-0.25, -0.2) is 8.42 Å². The Hall–Kier alpha value is -1.26. The Morgan fingerprint density at radius 2 is 1.47 bits per heavy atom. The summed E-state index contributed by atoms with van der Waals surface area (Å²) in [6.07, 6.45) is 1.23. The molecule has 0 aliphatic heterocycles. The second kappa shape index (κ2) is 4.94. The second-order valence-electron chi connectivity index (χ2n) is 3.63. The summed E-state index contributed by atoms with van der Waals surface area (Å²) in [4.78, 5) is 2.18. The third kappa shape index (κ3) is 3.11. The van der Waals surface area contributed by atoms with E-state index in [0.29, 0.717) is 4.90 Å². The molecule has 17 heavy (non-hydrogen) atoms. The maximum absolute atomic E-state index is 11.6. The Kier molecular flexibility index (Phi) is 3.54. The topological polar surface area (TPSA) is 34.1 Å². The number of rotatable bonds is 3. The third-order valence-electron chi connectivity index (χ3n) is 2.22. The van der Waals surface area contributed by atoms with Crippen molar-refractivity contribution in [3.05, 3.63) is 54.6 Å². The lowest BCUT2D eigenvalue weighted by atomic mass is 10.4. The summed E-state index contributed by atoms with van der Waals surface area (Å²) in [6.45, 7) is 0. The fraction of sp³-hybridized carbons (Fsp3) is 0.0769. The molecule has 0 bridgehead atoms. The first-order chi connectivity index (χ1) is 8.07. The van der Waals surface area contributed by atoms with Crippen molar-refractivity contribution >= 4 is 21.6 Å². The van der Waals surface area contributed by atoms with E-state index in [1.165, 1.54) is 18.0 Å². The molecule has 0 aliphatic carbocycles. The minimum atomic E-state index is -3.17. The molecule has 0 saturated carbocycles. The number of benzene rings is 2.